The Hall–Kier alpha value is -2.02. The smallest absolute Gasteiger partial charge is 0.291 e. The first-order valence-electron chi connectivity index (χ1n) is 6.22. The molecule has 0 fully saturated rings. The molecule has 0 aliphatic carbocycles. The first kappa shape index (κ1) is 13.4. The van der Waals surface area contributed by atoms with Crippen molar-refractivity contribution in [3.63, 3.8) is 0 Å². The van der Waals surface area contributed by atoms with Gasteiger partial charge in [-0.05, 0) is 32.8 Å². The lowest BCUT2D eigenvalue weighted by molar-refractivity contribution is 0.0942. The highest BCUT2D eigenvalue weighted by atomic mass is 16.2. The van der Waals surface area contributed by atoms with E-state index in [2.05, 4.69) is 20.4 Å². The normalized spacial score (nSPS) is 10.9. The van der Waals surface area contributed by atoms with Crippen LogP contribution in [0.4, 0.5) is 0 Å². The predicted molar refractivity (Wildman–Crippen MR) is 68.9 cm³/mol. The Morgan fingerprint density at radius 3 is 2.89 bits per heavy atom. The van der Waals surface area contributed by atoms with E-state index in [4.69, 9.17) is 5.11 Å². The number of unbranched alkanes of at least 4 members (excludes halogenated alkanes) is 1. The molecule has 0 saturated carbocycles. The van der Waals surface area contributed by atoms with Gasteiger partial charge in [-0.25, -0.2) is 9.50 Å². The number of rotatable bonds is 5. The average molecular weight is 263 g/mol. The van der Waals surface area contributed by atoms with Gasteiger partial charge < -0.3 is 10.4 Å². The van der Waals surface area contributed by atoms with Crippen LogP contribution in [0.25, 0.3) is 5.78 Å². The summed E-state index contributed by atoms with van der Waals surface area (Å²) in [5, 5.41) is 15.5. The molecule has 0 saturated heterocycles. The Morgan fingerprint density at radius 1 is 1.37 bits per heavy atom. The zero-order chi connectivity index (χ0) is 13.8. The van der Waals surface area contributed by atoms with E-state index in [1.807, 2.05) is 19.9 Å². The van der Waals surface area contributed by atoms with Gasteiger partial charge in [0.25, 0.3) is 11.7 Å². The number of aliphatic hydroxyl groups excluding tert-OH is 1. The van der Waals surface area contributed by atoms with E-state index in [1.54, 1.807) is 4.52 Å². The predicted octanol–water partition coefficient (Wildman–Crippen LogP) is 0.243. The van der Waals surface area contributed by atoms with Crippen molar-refractivity contribution in [2.24, 2.45) is 0 Å². The van der Waals surface area contributed by atoms with E-state index in [0.717, 1.165) is 17.8 Å². The van der Waals surface area contributed by atoms with Gasteiger partial charge in [0, 0.05) is 24.5 Å². The molecule has 7 heteroatoms. The van der Waals surface area contributed by atoms with Gasteiger partial charge in [-0.1, -0.05) is 0 Å². The maximum absolute atomic E-state index is 11.8. The Bertz CT molecular complexity index is 593. The second-order valence-electron chi connectivity index (χ2n) is 4.37. The van der Waals surface area contributed by atoms with Crippen LogP contribution in [0.5, 0.6) is 0 Å². The Balaban J connectivity index is 2.12. The summed E-state index contributed by atoms with van der Waals surface area (Å²) in [5.41, 5.74) is 1.72. The second-order valence-corrected chi connectivity index (χ2v) is 4.37. The number of nitrogens with zero attached hydrogens (tertiary/aromatic N) is 4. The molecule has 2 aromatic rings. The van der Waals surface area contributed by atoms with Crippen LogP contribution >= 0.6 is 0 Å². The Labute approximate surface area is 110 Å². The van der Waals surface area contributed by atoms with Gasteiger partial charge in [-0.15, -0.1) is 5.10 Å². The van der Waals surface area contributed by atoms with E-state index in [9.17, 15) is 4.79 Å². The molecule has 2 aromatic heterocycles. The Morgan fingerprint density at radius 2 is 2.16 bits per heavy atom. The molecule has 2 rings (SSSR count). The van der Waals surface area contributed by atoms with Crippen LogP contribution in [0.1, 0.15) is 34.8 Å². The van der Waals surface area contributed by atoms with Crippen molar-refractivity contribution in [3.05, 3.63) is 23.3 Å². The maximum Gasteiger partial charge on any atom is 0.291 e. The zero-order valence-corrected chi connectivity index (χ0v) is 11.1. The fraction of sp³-hybridized carbons (Fsp3) is 0.500. The van der Waals surface area contributed by atoms with Crippen molar-refractivity contribution in [1.29, 1.82) is 0 Å². The lowest BCUT2D eigenvalue weighted by Crippen LogP contribution is -2.25. The summed E-state index contributed by atoms with van der Waals surface area (Å²) in [7, 11) is 0. The zero-order valence-electron chi connectivity index (χ0n) is 11.1. The number of fused-ring (bicyclic) bond motifs is 1. The lowest BCUT2D eigenvalue weighted by atomic mass is 10.3. The molecule has 0 aliphatic rings. The number of aromatic nitrogens is 4. The van der Waals surface area contributed by atoms with Gasteiger partial charge in [-0.2, -0.15) is 4.98 Å². The largest absolute Gasteiger partial charge is 0.396 e. The number of hydrogen-bond acceptors (Lipinski definition) is 5. The van der Waals surface area contributed by atoms with Crippen LogP contribution in [-0.2, 0) is 0 Å². The second kappa shape index (κ2) is 5.75. The van der Waals surface area contributed by atoms with E-state index < -0.39 is 0 Å². The standard InChI is InChI=1S/C12H17N5O2/c1-8-7-9(2)17-12(14-8)15-10(16-17)11(19)13-5-3-4-6-18/h7,18H,3-6H2,1-2H3,(H,13,19). The van der Waals surface area contributed by atoms with Gasteiger partial charge >= 0.3 is 0 Å². The minimum absolute atomic E-state index is 0.116. The average Bonchev–Trinajstić information content (AvgIpc) is 2.78. The molecule has 0 spiro atoms. The summed E-state index contributed by atoms with van der Waals surface area (Å²) in [5.74, 6) is 0.226. The number of amides is 1. The quantitative estimate of drug-likeness (QED) is 0.754. The minimum atomic E-state index is -0.319. The van der Waals surface area contributed by atoms with Crippen LogP contribution < -0.4 is 5.32 Å². The van der Waals surface area contributed by atoms with E-state index in [0.29, 0.717) is 18.7 Å². The van der Waals surface area contributed by atoms with Gasteiger partial charge in [0.2, 0.25) is 5.82 Å². The first-order valence-corrected chi connectivity index (χ1v) is 6.22. The summed E-state index contributed by atoms with van der Waals surface area (Å²) in [6, 6.07) is 1.88. The van der Waals surface area contributed by atoms with E-state index in [1.165, 1.54) is 0 Å². The third-order valence-corrected chi connectivity index (χ3v) is 2.69. The highest BCUT2D eigenvalue weighted by Gasteiger charge is 2.14. The number of aliphatic hydroxyl groups is 1. The van der Waals surface area contributed by atoms with Crippen molar-refractivity contribution in [1.82, 2.24) is 24.9 Å². The molecule has 2 N–H and O–H groups in total. The molecule has 2 heterocycles. The maximum atomic E-state index is 11.8. The Kier molecular flexibility index (Phi) is 4.06. The van der Waals surface area contributed by atoms with Gasteiger partial charge in [-0.3, -0.25) is 4.79 Å². The van der Waals surface area contributed by atoms with Crippen molar-refractivity contribution in [2.75, 3.05) is 13.2 Å². The van der Waals surface area contributed by atoms with Crippen molar-refractivity contribution < 1.29 is 9.90 Å². The van der Waals surface area contributed by atoms with Crippen LogP contribution in [-0.4, -0.2) is 43.7 Å². The molecule has 0 unspecified atom stereocenters. The van der Waals surface area contributed by atoms with Gasteiger partial charge in [0.05, 0.1) is 0 Å². The van der Waals surface area contributed by atoms with Gasteiger partial charge in [0.1, 0.15) is 0 Å². The monoisotopic (exact) mass is 263 g/mol. The SMILES string of the molecule is Cc1cc(C)n2nc(C(=O)NCCCCO)nc2n1. The molecule has 0 radical (unpaired) electrons. The molecular formula is C12H17N5O2. The first-order chi connectivity index (χ1) is 9.11. The van der Waals surface area contributed by atoms with Crippen LogP contribution in [0.15, 0.2) is 6.07 Å². The van der Waals surface area contributed by atoms with Crippen LogP contribution in [0.2, 0.25) is 0 Å². The number of hydrogen-bond donors (Lipinski definition) is 2. The van der Waals surface area contributed by atoms with Crippen LogP contribution in [0.3, 0.4) is 0 Å². The van der Waals surface area contributed by atoms with Gasteiger partial charge in [0.15, 0.2) is 0 Å². The number of carbonyl (C=O) groups excluding carboxylic acids is 1. The summed E-state index contributed by atoms with van der Waals surface area (Å²) >= 11 is 0. The minimum Gasteiger partial charge on any atom is -0.396 e. The fourth-order valence-corrected chi connectivity index (χ4v) is 1.78. The summed E-state index contributed by atoms with van der Waals surface area (Å²) in [6.07, 6.45) is 1.39. The van der Waals surface area contributed by atoms with Crippen molar-refractivity contribution in [2.45, 2.75) is 26.7 Å². The number of nitrogens with one attached hydrogen (secondary N) is 1. The van der Waals surface area contributed by atoms with Crippen LogP contribution in [0, 0.1) is 13.8 Å². The third-order valence-electron chi connectivity index (χ3n) is 2.69. The third kappa shape index (κ3) is 3.05. The highest BCUT2D eigenvalue weighted by Crippen LogP contribution is 2.05. The molecule has 0 aliphatic heterocycles. The summed E-state index contributed by atoms with van der Waals surface area (Å²) < 4.78 is 1.55. The number of carbonyl (C=O) groups is 1. The van der Waals surface area contributed by atoms with E-state index >= 15 is 0 Å². The summed E-state index contributed by atoms with van der Waals surface area (Å²) in [6.45, 7) is 4.39. The van der Waals surface area contributed by atoms with Crippen molar-refractivity contribution >= 4 is 11.7 Å². The molecular weight excluding hydrogens is 246 g/mol. The highest BCUT2D eigenvalue weighted by molar-refractivity contribution is 5.90. The molecule has 102 valence electrons. The van der Waals surface area contributed by atoms with E-state index in [-0.39, 0.29) is 18.3 Å². The molecule has 19 heavy (non-hydrogen) atoms. The molecule has 1 amide bonds. The number of aryl methyl sites for hydroxylation is 2. The topological polar surface area (TPSA) is 92.4 Å². The van der Waals surface area contributed by atoms with Crippen molar-refractivity contribution in [3.8, 4) is 0 Å². The molecule has 7 nitrogen and oxygen atoms in total. The molecule has 0 atom stereocenters. The summed E-state index contributed by atoms with van der Waals surface area (Å²) in [4.78, 5) is 20.2. The molecule has 0 bridgehead atoms. The molecule has 0 aromatic carbocycles. The fourth-order valence-electron chi connectivity index (χ4n) is 1.78. The lowest BCUT2D eigenvalue weighted by Gasteiger charge is -2.00.